The lowest BCUT2D eigenvalue weighted by atomic mass is 10.1. The predicted octanol–water partition coefficient (Wildman–Crippen LogP) is 0.883. The van der Waals surface area contributed by atoms with E-state index in [4.69, 9.17) is 10.6 Å². The Hall–Kier alpha value is -1.44. The van der Waals surface area contributed by atoms with Crippen LogP contribution in [0.4, 0.5) is 0 Å². The first-order valence-electron chi connectivity index (χ1n) is 5.54. The molecule has 0 heterocycles. The number of carbonyl (C=O) groups is 1. The fraction of sp³-hybridized carbons (Fsp3) is 0.417. The van der Waals surface area contributed by atoms with Crippen molar-refractivity contribution in [1.29, 1.82) is 0 Å². The fourth-order valence-electron chi connectivity index (χ4n) is 1.33. The van der Waals surface area contributed by atoms with E-state index in [9.17, 15) is 13.2 Å². The van der Waals surface area contributed by atoms with E-state index in [2.05, 4.69) is 4.89 Å². The highest BCUT2D eigenvalue weighted by Gasteiger charge is 2.37. The molecule has 7 heteroatoms. The summed E-state index contributed by atoms with van der Waals surface area (Å²) in [7, 11) is -3.51. The van der Waals surface area contributed by atoms with E-state index >= 15 is 0 Å². The van der Waals surface area contributed by atoms with E-state index in [-0.39, 0.29) is 0 Å². The van der Waals surface area contributed by atoms with Crippen molar-refractivity contribution < 1.29 is 23.0 Å². The minimum Gasteiger partial charge on any atom is -0.313 e. The largest absolute Gasteiger partial charge is 0.373 e. The summed E-state index contributed by atoms with van der Waals surface area (Å²) in [5.41, 5.74) is 4.50. The molecule has 0 saturated carbocycles. The predicted molar refractivity (Wildman–Crippen MR) is 69.8 cm³/mol. The van der Waals surface area contributed by atoms with Gasteiger partial charge in [-0.1, -0.05) is 18.2 Å². The maximum atomic E-state index is 11.6. The second-order valence-corrected chi connectivity index (χ2v) is 6.84. The summed E-state index contributed by atoms with van der Waals surface area (Å²) in [6, 6.07) is 8.19. The second kappa shape index (κ2) is 5.68. The van der Waals surface area contributed by atoms with E-state index in [1.165, 1.54) is 13.8 Å². The second-order valence-electron chi connectivity index (χ2n) is 4.67. The van der Waals surface area contributed by atoms with Crippen LogP contribution in [0.25, 0.3) is 0 Å². The maximum Gasteiger partial charge on any atom is 0.373 e. The zero-order valence-electron chi connectivity index (χ0n) is 11.0. The van der Waals surface area contributed by atoms with Gasteiger partial charge in [0.25, 0.3) is 0 Å². The van der Waals surface area contributed by atoms with Gasteiger partial charge in [0.05, 0.1) is 5.56 Å². The van der Waals surface area contributed by atoms with E-state index in [1.807, 2.05) is 0 Å². The van der Waals surface area contributed by atoms with Crippen LogP contribution in [0.2, 0.25) is 0 Å². The molecule has 19 heavy (non-hydrogen) atoms. The van der Waals surface area contributed by atoms with Crippen molar-refractivity contribution in [2.45, 2.75) is 24.8 Å². The minimum atomic E-state index is -3.51. The Morgan fingerprint density at radius 1 is 1.26 bits per heavy atom. The first-order chi connectivity index (χ1) is 8.64. The smallest absolute Gasteiger partial charge is 0.313 e. The van der Waals surface area contributed by atoms with Gasteiger partial charge in [0.1, 0.15) is 11.0 Å². The number of sulfone groups is 1. The Kier molecular flexibility index (Phi) is 4.67. The molecule has 0 aliphatic carbocycles. The molecule has 1 aromatic rings. The van der Waals surface area contributed by atoms with Gasteiger partial charge in [-0.25, -0.2) is 13.2 Å². The zero-order chi connectivity index (χ0) is 14.7. The number of rotatable bonds is 5. The zero-order valence-corrected chi connectivity index (χ0v) is 11.8. The van der Waals surface area contributed by atoms with Gasteiger partial charge < -0.3 is 5.73 Å². The summed E-state index contributed by atoms with van der Waals surface area (Å²) in [4.78, 5) is 21.1. The van der Waals surface area contributed by atoms with E-state index in [1.54, 1.807) is 30.3 Å². The molecule has 0 aromatic heterocycles. The average Bonchev–Trinajstić information content (AvgIpc) is 2.35. The topological polar surface area (TPSA) is 95.7 Å². The van der Waals surface area contributed by atoms with Crippen LogP contribution < -0.4 is 5.73 Å². The highest BCUT2D eigenvalue weighted by atomic mass is 32.2. The first kappa shape index (κ1) is 15.6. The highest BCUT2D eigenvalue weighted by Crippen LogP contribution is 2.18. The molecule has 1 rings (SSSR count). The molecule has 6 nitrogen and oxygen atoms in total. The number of hydrogen-bond donors (Lipinski definition) is 1. The summed E-state index contributed by atoms with van der Waals surface area (Å²) < 4.78 is 22.7. The quantitative estimate of drug-likeness (QED) is 0.638. The van der Waals surface area contributed by atoms with Crippen molar-refractivity contribution in [3.63, 3.8) is 0 Å². The van der Waals surface area contributed by atoms with Crippen molar-refractivity contribution in [3.05, 3.63) is 35.9 Å². The van der Waals surface area contributed by atoms with Gasteiger partial charge >= 0.3 is 5.97 Å². The standard InChI is InChI=1S/C12H17NO5S/c1-12(2,11(13)19(3,15)16)18-17-10(14)9-7-5-4-6-8-9/h4-8,11H,13H2,1-3H3. The van der Waals surface area contributed by atoms with Crippen LogP contribution in [-0.2, 0) is 19.6 Å². The van der Waals surface area contributed by atoms with Crippen LogP contribution in [0.1, 0.15) is 24.2 Å². The van der Waals surface area contributed by atoms with Gasteiger partial charge in [0.2, 0.25) is 0 Å². The summed E-state index contributed by atoms with van der Waals surface area (Å²) >= 11 is 0. The number of nitrogens with two attached hydrogens (primary N) is 1. The monoisotopic (exact) mass is 287 g/mol. The number of benzene rings is 1. The Labute approximate surface area is 112 Å². The Morgan fingerprint density at radius 2 is 1.79 bits per heavy atom. The molecule has 1 aromatic carbocycles. The Balaban J connectivity index is 2.69. The molecule has 1 unspecified atom stereocenters. The van der Waals surface area contributed by atoms with Crippen LogP contribution in [0.5, 0.6) is 0 Å². The molecule has 2 N–H and O–H groups in total. The lowest BCUT2D eigenvalue weighted by molar-refractivity contribution is -0.306. The molecule has 0 bridgehead atoms. The lowest BCUT2D eigenvalue weighted by Crippen LogP contribution is -2.50. The van der Waals surface area contributed by atoms with Crippen LogP contribution in [-0.4, -0.2) is 31.6 Å². The molecule has 0 fully saturated rings. The van der Waals surface area contributed by atoms with Crippen molar-refractivity contribution in [2.24, 2.45) is 5.73 Å². The molecular weight excluding hydrogens is 270 g/mol. The maximum absolute atomic E-state index is 11.6. The van der Waals surface area contributed by atoms with Crippen LogP contribution in [0.3, 0.4) is 0 Å². The molecule has 0 aliphatic rings. The van der Waals surface area contributed by atoms with Crippen molar-refractivity contribution in [3.8, 4) is 0 Å². The van der Waals surface area contributed by atoms with Crippen LogP contribution in [0.15, 0.2) is 30.3 Å². The van der Waals surface area contributed by atoms with Gasteiger partial charge in [-0.15, -0.1) is 0 Å². The molecule has 0 radical (unpaired) electrons. The Morgan fingerprint density at radius 3 is 2.26 bits per heavy atom. The van der Waals surface area contributed by atoms with E-state index in [0.717, 1.165) is 6.26 Å². The third-order valence-electron chi connectivity index (χ3n) is 2.49. The Bertz CT molecular complexity index is 538. The van der Waals surface area contributed by atoms with Gasteiger partial charge in [0, 0.05) is 6.26 Å². The van der Waals surface area contributed by atoms with Crippen molar-refractivity contribution in [2.75, 3.05) is 6.26 Å². The highest BCUT2D eigenvalue weighted by molar-refractivity contribution is 7.91. The van der Waals surface area contributed by atoms with Crippen LogP contribution in [0, 0.1) is 0 Å². The lowest BCUT2D eigenvalue weighted by Gasteiger charge is -2.27. The SMILES string of the molecule is CC(C)(OOC(=O)c1ccccc1)C(N)S(C)(=O)=O. The first-order valence-corrected chi connectivity index (χ1v) is 7.49. The molecule has 106 valence electrons. The van der Waals surface area contributed by atoms with Gasteiger partial charge in [-0.3, -0.25) is 4.89 Å². The van der Waals surface area contributed by atoms with Crippen molar-refractivity contribution in [1.82, 2.24) is 0 Å². The summed E-state index contributed by atoms with van der Waals surface area (Å²) in [6.07, 6.45) is 0.988. The molecule has 0 aliphatic heterocycles. The summed E-state index contributed by atoms with van der Waals surface area (Å²) in [5.74, 6) is -0.714. The average molecular weight is 287 g/mol. The molecular formula is C12H17NO5S. The van der Waals surface area contributed by atoms with E-state index in [0.29, 0.717) is 5.56 Å². The summed E-state index contributed by atoms with van der Waals surface area (Å²) in [5, 5.41) is -1.30. The fourth-order valence-corrected chi connectivity index (χ4v) is 2.40. The van der Waals surface area contributed by atoms with Crippen LogP contribution >= 0.6 is 0 Å². The third-order valence-corrected chi connectivity index (χ3v) is 3.98. The third kappa shape index (κ3) is 4.30. The molecule has 0 amide bonds. The molecule has 0 saturated heterocycles. The minimum absolute atomic E-state index is 0.297. The molecule has 1 atom stereocenters. The van der Waals surface area contributed by atoms with Gasteiger partial charge in [0.15, 0.2) is 9.84 Å². The van der Waals surface area contributed by atoms with E-state index < -0.39 is 26.8 Å². The summed E-state index contributed by atoms with van der Waals surface area (Å²) in [6.45, 7) is 2.86. The van der Waals surface area contributed by atoms with Gasteiger partial charge in [-0.05, 0) is 26.0 Å². The number of hydrogen-bond acceptors (Lipinski definition) is 6. The molecule has 0 spiro atoms. The number of carbonyl (C=O) groups excluding carboxylic acids is 1. The van der Waals surface area contributed by atoms with Gasteiger partial charge in [-0.2, -0.15) is 4.89 Å². The normalized spacial score (nSPS) is 13.9. The van der Waals surface area contributed by atoms with Crippen molar-refractivity contribution >= 4 is 15.8 Å².